The molecule has 0 bridgehead atoms. The zero-order valence-electron chi connectivity index (χ0n) is 14.8. The summed E-state index contributed by atoms with van der Waals surface area (Å²) in [4.78, 5) is 14.1. The molecule has 0 N–H and O–H groups in total. The van der Waals surface area contributed by atoms with Crippen LogP contribution in [0, 0.1) is 22.6 Å². The first-order valence-electron chi connectivity index (χ1n) is 8.82. The van der Waals surface area contributed by atoms with Crippen LogP contribution in [-0.4, -0.2) is 30.5 Å². The van der Waals surface area contributed by atoms with Gasteiger partial charge in [-0.3, -0.25) is 4.79 Å². The maximum atomic E-state index is 13.1. The summed E-state index contributed by atoms with van der Waals surface area (Å²) in [7, 11) is 0. The van der Waals surface area contributed by atoms with Crippen molar-refractivity contribution >= 4 is 17.5 Å². The monoisotopic (exact) mass is 386 g/mol. The minimum Gasteiger partial charge on any atom is -0.484 e. The average Bonchev–Trinajstić information content (AvgIpc) is 2.69. The first-order chi connectivity index (χ1) is 13.0. The van der Waals surface area contributed by atoms with Crippen molar-refractivity contribution in [2.24, 2.45) is 5.41 Å². The van der Waals surface area contributed by atoms with Crippen molar-refractivity contribution in [2.45, 2.75) is 19.3 Å². The number of piperidine rings is 1. The fraction of sp³-hybridized carbons (Fsp3) is 0.333. The van der Waals surface area contributed by atoms with E-state index in [9.17, 15) is 14.4 Å². The highest BCUT2D eigenvalue weighted by atomic mass is 35.5. The highest BCUT2D eigenvalue weighted by molar-refractivity contribution is 6.30. The number of carbonyl (C=O) groups is 1. The number of nitriles is 1. The molecule has 140 valence electrons. The molecule has 1 heterocycles. The summed E-state index contributed by atoms with van der Waals surface area (Å²) in [6.07, 6.45) is 1.74. The summed E-state index contributed by atoms with van der Waals surface area (Å²) in [6.45, 7) is 0.980. The van der Waals surface area contributed by atoms with E-state index in [4.69, 9.17) is 16.3 Å². The van der Waals surface area contributed by atoms with Crippen LogP contribution in [0.15, 0.2) is 48.5 Å². The molecular weight excluding hydrogens is 367 g/mol. The zero-order valence-corrected chi connectivity index (χ0v) is 15.6. The highest BCUT2D eigenvalue weighted by Crippen LogP contribution is 2.34. The van der Waals surface area contributed by atoms with Crippen LogP contribution in [0.3, 0.4) is 0 Å². The Morgan fingerprint density at radius 3 is 2.37 bits per heavy atom. The second-order valence-electron chi connectivity index (χ2n) is 6.82. The Kier molecular flexibility index (Phi) is 5.98. The third-order valence-corrected chi connectivity index (χ3v) is 5.19. The van der Waals surface area contributed by atoms with Crippen LogP contribution < -0.4 is 4.74 Å². The highest BCUT2D eigenvalue weighted by Gasteiger charge is 2.36. The van der Waals surface area contributed by atoms with Crippen molar-refractivity contribution in [2.75, 3.05) is 19.7 Å². The van der Waals surface area contributed by atoms with Gasteiger partial charge in [-0.05, 0) is 61.2 Å². The lowest BCUT2D eigenvalue weighted by molar-refractivity contribution is -0.135. The zero-order chi connectivity index (χ0) is 19.3. The van der Waals surface area contributed by atoms with Crippen LogP contribution in [0.2, 0.25) is 5.02 Å². The Labute approximate surface area is 163 Å². The van der Waals surface area contributed by atoms with E-state index in [1.54, 1.807) is 41.3 Å². The molecule has 0 unspecified atom stereocenters. The van der Waals surface area contributed by atoms with Gasteiger partial charge in [-0.25, -0.2) is 4.39 Å². The van der Waals surface area contributed by atoms with Gasteiger partial charge in [0, 0.05) is 18.1 Å². The molecule has 4 nitrogen and oxygen atoms in total. The van der Waals surface area contributed by atoms with Crippen LogP contribution in [-0.2, 0) is 11.2 Å². The largest absolute Gasteiger partial charge is 0.484 e. The molecule has 6 heteroatoms. The van der Waals surface area contributed by atoms with Gasteiger partial charge in [0.15, 0.2) is 6.61 Å². The number of amides is 1. The molecule has 3 rings (SSSR count). The van der Waals surface area contributed by atoms with Crippen molar-refractivity contribution in [1.29, 1.82) is 5.26 Å². The Morgan fingerprint density at radius 1 is 1.15 bits per heavy atom. The fourth-order valence-electron chi connectivity index (χ4n) is 3.27. The smallest absolute Gasteiger partial charge is 0.260 e. The average molecular weight is 387 g/mol. The van der Waals surface area contributed by atoms with Crippen molar-refractivity contribution in [3.63, 3.8) is 0 Å². The molecule has 1 amide bonds. The SMILES string of the molecule is N#CC1(Cc2ccc(F)cc2)CCN(C(=O)COc2ccc(Cl)cc2)CC1. The second kappa shape index (κ2) is 8.41. The van der Waals surface area contributed by atoms with Crippen molar-refractivity contribution in [3.8, 4) is 11.8 Å². The molecule has 27 heavy (non-hydrogen) atoms. The van der Waals surface area contributed by atoms with E-state index in [0.29, 0.717) is 43.1 Å². The van der Waals surface area contributed by atoms with Gasteiger partial charge in [-0.15, -0.1) is 0 Å². The van der Waals surface area contributed by atoms with E-state index in [2.05, 4.69) is 6.07 Å². The minimum absolute atomic E-state index is 0.0425. The van der Waals surface area contributed by atoms with Crippen LogP contribution in [0.25, 0.3) is 0 Å². The van der Waals surface area contributed by atoms with Gasteiger partial charge in [0.05, 0.1) is 11.5 Å². The van der Waals surface area contributed by atoms with Crippen molar-refractivity contribution in [3.05, 3.63) is 64.9 Å². The van der Waals surface area contributed by atoms with Crippen LogP contribution >= 0.6 is 11.6 Å². The van der Waals surface area contributed by atoms with E-state index < -0.39 is 5.41 Å². The van der Waals surface area contributed by atoms with Gasteiger partial charge in [0.1, 0.15) is 11.6 Å². The van der Waals surface area contributed by atoms with Gasteiger partial charge in [0.2, 0.25) is 0 Å². The van der Waals surface area contributed by atoms with Gasteiger partial charge in [-0.2, -0.15) is 5.26 Å². The molecule has 1 aliphatic rings. The number of hydrogen-bond donors (Lipinski definition) is 0. The number of carbonyl (C=O) groups excluding carboxylic acids is 1. The lowest BCUT2D eigenvalue weighted by atomic mass is 9.75. The lowest BCUT2D eigenvalue weighted by Gasteiger charge is -2.37. The Morgan fingerprint density at radius 2 is 1.78 bits per heavy atom. The van der Waals surface area contributed by atoms with Gasteiger partial charge < -0.3 is 9.64 Å². The van der Waals surface area contributed by atoms with Crippen molar-refractivity contribution < 1.29 is 13.9 Å². The summed E-state index contributed by atoms with van der Waals surface area (Å²) in [5.41, 5.74) is 0.412. The van der Waals surface area contributed by atoms with E-state index in [-0.39, 0.29) is 18.3 Å². The number of likely N-dealkylation sites (tertiary alicyclic amines) is 1. The molecule has 0 spiro atoms. The number of rotatable bonds is 5. The minimum atomic E-state index is -0.522. The first kappa shape index (κ1) is 19.2. The van der Waals surface area contributed by atoms with E-state index in [0.717, 1.165) is 5.56 Å². The molecule has 1 aliphatic heterocycles. The molecule has 0 atom stereocenters. The second-order valence-corrected chi connectivity index (χ2v) is 7.26. The molecule has 0 aromatic heterocycles. The summed E-state index contributed by atoms with van der Waals surface area (Å²) in [5, 5.41) is 10.3. The van der Waals surface area contributed by atoms with Crippen molar-refractivity contribution in [1.82, 2.24) is 4.90 Å². The number of ether oxygens (including phenoxy) is 1. The number of hydrogen-bond acceptors (Lipinski definition) is 3. The number of nitrogens with zero attached hydrogens (tertiary/aromatic N) is 2. The van der Waals surface area contributed by atoms with Crippen LogP contribution in [0.4, 0.5) is 4.39 Å². The van der Waals surface area contributed by atoms with Crippen LogP contribution in [0.1, 0.15) is 18.4 Å². The normalized spacial score (nSPS) is 15.8. The lowest BCUT2D eigenvalue weighted by Crippen LogP contribution is -2.45. The predicted molar refractivity (Wildman–Crippen MR) is 101 cm³/mol. The summed E-state index contributed by atoms with van der Waals surface area (Å²) >= 11 is 5.83. The topological polar surface area (TPSA) is 53.3 Å². The Hall–Kier alpha value is -2.58. The van der Waals surface area contributed by atoms with E-state index in [1.807, 2.05) is 0 Å². The summed E-state index contributed by atoms with van der Waals surface area (Å²) < 4.78 is 18.6. The third-order valence-electron chi connectivity index (χ3n) is 4.94. The predicted octanol–water partition coefficient (Wildman–Crippen LogP) is 4.23. The molecular formula is C21H20ClFN2O2. The Balaban J connectivity index is 1.53. The molecule has 0 saturated carbocycles. The molecule has 1 fully saturated rings. The number of halogens is 2. The third kappa shape index (κ3) is 4.99. The van der Waals surface area contributed by atoms with Gasteiger partial charge >= 0.3 is 0 Å². The molecule has 0 radical (unpaired) electrons. The van der Waals surface area contributed by atoms with Crippen LogP contribution in [0.5, 0.6) is 5.75 Å². The van der Waals surface area contributed by atoms with E-state index >= 15 is 0 Å². The Bertz CT molecular complexity index is 823. The molecule has 2 aromatic rings. The maximum absolute atomic E-state index is 13.1. The summed E-state index contributed by atoms with van der Waals surface area (Å²) in [5.74, 6) is 0.205. The fourth-order valence-corrected chi connectivity index (χ4v) is 3.40. The number of benzene rings is 2. The first-order valence-corrected chi connectivity index (χ1v) is 9.19. The molecule has 1 saturated heterocycles. The molecule has 0 aliphatic carbocycles. The van der Waals surface area contributed by atoms with E-state index in [1.165, 1.54) is 12.1 Å². The maximum Gasteiger partial charge on any atom is 0.260 e. The quantitative estimate of drug-likeness (QED) is 0.772. The standard InChI is InChI=1S/C21H20ClFN2O2/c22-17-3-7-19(8-4-17)27-14-20(26)25-11-9-21(15-24,10-12-25)13-16-1-5-18(23)6-2-16/h1-8H,9-14H2. The molecule has 2 aromatic carbocycles. The van der Waals surface area contributed by atoms with Gasteiger partial charge in [-0.1, -0.05) is 23.7 Å². The van der Waals surface area contributed by atoms with Gasteiger partial charge in [0.25, 0.3) is 5.91 Å². The summed E-state index contributed by atoms with van der Waals surface area (Å²) in [6, 6.07) is 15.5.